The molecule has 1 N–H and O–H groups in total. The standard InChI is InChI=1S/C22H30N8/c1-15-12-20(19-14-25-28(3)21(19)26-15)29-8-4-17(5-9-29)18-13-24-22(27-16(18)2)30-10-6-23-7-11-30/h12-14,17,23H,4-11H2,1-3H3. The van der Waals surface area contributed by atoms with Crippen LogP contribution in [0, 0.1) is 13.8 Å². The minimum Gasteiger partial charge on any atom is -0.371 e. The van der Waals surface area contributed by atoms with E-state index in [-0.39, 0.29) is 0 Å². The molecule has 0 aliphatic carbocycles. The smallest absolute Gasteiger partial charge is 0.225 e. The van der Waals surface area contributed by atoms with Crippen LogP contribution in [0.3, 0.4) is 0 Å². The second-order valence-corrected chi connectivity index (χ2v) is 8.50. The zero-order valence-electron chi connectivity index (χ0n) is 18.1. The van der Waals surface area contributed by atoms with E-state index in [1.165, 1.54) is 11.3 Å². The van der Waals surface area contributed by atoms with Gasteiger partial charge in [0.15, 0.2) is 5.65 Å². The van der Waals surface area contributed by atoms with Crippen molar-refractivity contribution >= 4 is 22.7 Å². The van der Waals surface area contributed by atoms with Gasteiger partial charge < -0.3 is 15.1 Å². The maximum absolute atomic E-state index is 4.86. The molecule has 3 aromatic rings. The molecule has 0 spiro atoms. The van der Waals surface area contributed by atoms with Crippen LogP contribution in [-0.4, -0.2) is 64.0 Å². The first-order valence-electron chi connectivity index (χ1n) is 10.9. The number of pyridine rings is 1. The van der Waals surface area contributed by atoms with Crippen molar-refractivity contribution in [3.63, 3.8) is 0 Å². The van der Waals surface area contributed by atoms with Crippen LogP contribution in [0.25, 0.3) is 11.0 Å². The fourth-order valence-electron chi connectivity index (χ4n) is 4.79. The zero-order chi connectivity index (χ0) is 20.7. The number of hydrogen-bond donors (Lipinski definition) is 1. The van der Waals surface area contributed by atoms with E-state index >= 15 is 0 Å². The summed E-state index contributed by atoms with van der Waals surface area (Å²) in [6, 6.07) is 2.20. The molecule has 5 rings (SSSR count). The first-order chi connectivity index (χ1) is 14.6. The van der Waals surface area contributed by atoms with E-state index < -0.39 is 0 Å². The van der Waals surface area contributed by atoms with Gasteiger partial charge in [-0.15, -0.1) is 0 Å². The predicted molar refractivity (Wildman–Crippen MR) is 119 cm³/mol. The summed E-state index contributed by atoms with van der Waals surface area (Å²) in [4.78, 5) is 19.0. The van der Waals surface area contributed by atoms with E-state index in [0.29, 0.717) is 5.92 Å². The monoisotopic (exact) mass is 406 g/mol. The molecule has 8 nitrogen and oxygen atoms in total. The highest BCUT2D eigenvalue weighted by Crippen LogP contribution is 2.34. The molecule has 5 heterocycles. The second-order valence-electron chi connectivity index (χ2n) is 8.50. The van der Waals surface area contributed by atoms with Crippen LogP contribution in [0.1, 0.15) is 35.7 Å². The number of hydrogen-bond acceptors (Lipinski definition) is 7. The summed E-state index contributed by atoms with van der Waals surface area (Å²) in [6.45, 7) is 10.2. The lowest BCUT2D eigenvalue weighted by Gasteiger charge is -2.34. The molecule has 8 heteroatoms. The van der Waals surface area contributed by atoms with Crippen molar-refractivity contribution in [3.8, 4) is 0 Å². The topological polar surface area (TPSA) is 75.0 Å². The number of piperidine rings is 1. The highest BCUT2D eigenvalue weighted by atomic mass is 15.3. The molecule has 2 aliphatic heterocycles. The first-order valence-corrected chi connectivity index (χ1v) is 10.9. The lowest BCUT2D eigenvalue weighted by molar-refractivity contribution is 0.501. The Hall–Kier alpha value is -2.74. The summed E-state index contributed by atoms with van der Waals surface area (Å²) in [5.74, 6) is 1.40. The highest BCUT2D eigenvalue weighted by molar-refractivity contribution is 5.89. The van der Waals surface area contributed by atoms with E-state index in [9.17, 15) is 0 Å². The molecule has 0 aromatic carbocycles. The largest absolute Gasteiger partial charge is 0.371 e. The molecule has 0 saturated carbocycles. The fraction of sp³-hybridized carbons (Fsp3) is 0.545. The third-order valence-corrected chi connectivity index (χ3v) is 6.49. The van der Waals surface area contributed by atoms with Crippen molar-refractivity contribution in [2.75, 3.05) is 49.1 Å². The average Bonchev–Trinajstić information content (AvgIpc) is 3.14. The number of fused-ring (bicyclic) bond motifs is 1. The SMILES string of the molecule is Cc1cc(N2CCC(c3cnc(N4CCNCC4)nc3C)CC2)c2cnn(C)c2n1. The van der Waals surface area contributed by atoms with E-state index in [2.05, 4.69) is 51.3 Å². The van der Waals surface area contributed by atoms with Gasteiger partial charge in [-0.05, 0) is 44.2 Å². The van der Waals surface area contributed by atoms with Gasteiger partial charge in [-0.1, -0.05) is 0 Å². The first kappa shape index (κ1) is 19.2. The van der Waals surface area contributed by atoms with Gasteiger partial charge in [-0.3, -0.25) is 4.68 Å². The summed E-state index contributed by atoms with van der Waals surface area (Å²) >= 11 is 0. The Morgan fingerprint density at radius 2 is 1.73 bits per heavy atom. The molecule has 0 atom stereocenters. The van der Waals surface area contributed by atoms with Crippen LogP contribution >= 0.6 is 0 Å². The van der Waals surface area contributed by atoms with Crippen molar-refractivity contribution < 1.29 is 0 Å². The minimum absolute atomic E-state index is 0.519. The van der Waals surface area contributed by atoms with Gasteiger partial charge in [-0.2, -0.15) is 5.10 Å². The Morgan fingerprint density at radius 3 is 2.47 bits per heavy atom. The molecule has 0 radical (unpaired) electrons. The lowest BCUT2D eigenvalue weighted by Crippen LogP contribution is -2.44. The average molecular weight is 407 g/mol. The van der Waals surface area contributed by atoms with Crippen LogP contribution in [0.5, 0.6) is 0 Å². The number of piperazine rings is 1. The lowest BCUT2D eigenvalue weighted by atomic mass is 9.89. The van der Waals surface area contributed by atoms with E-state index in [1.807, 2.05) is 17.9 Å². The van der Waals surface area contributed by atoms with Gasteiger partial charge >= 0.3 is 0 Å². The Kier molecular flexibility index (Phi) is 5.02. The summed E-state index contributed by atoms with van der Waals surface area (Å²) in [7, 11) is 1.96. The number of aromatic nitrogens is 5. The maximum atomic E-state index is 4.86. The van der Waals surface area contributed by atoms with Crippen molar-refractivity contribution in [3.05, 3.63) is 35.4 Å². The Morgan fingerprint density at radius 1 is 0.967 bits per heavy atom. The molecule has 2 aliphatic rings. The summed E-state index contributed by atoms with van der Waals surface area (Å²) in [6.07, 6.45) is 6.24. The summed E-state index contributed by atoms with van der Waals surface area (Å²) in [5.41, 5.74) is 5.69. The van der Waals surface area contributed by atoms with Crippen LogP contribution in [0.2, 0.25) is 0 Å². The fourth-order valence-corrected chi connectivity index (χ4v) is 4.79. The number of rotatable bonds is 3. The Balaban J connectivity index is 1.32. The van der Waals surface area contributed by atoms with Gasteiger partial charge in [0.2, 0.25) is 5.95 Å². The van der Waals surface area contributed by atoms with Gasteiger partial charge in [0.25, 0.3) is 0 Å². The maximum Gasteiger partial charge on any atom is 0.225 e. The zero-order valence-corrected chi connectivity index (χ0v) is 18.1. The van der Waals surface area contributed by atoms with Gasteiger partial charge in [0.1, 0.15) is 0 Å². The third kappa shape index (κ3) is 3.49. The second kappa shape index (κ2) is 7.83. The van der Waals surface area contributed by atoms with E-state index in [4.69, 9.17) is 9.97 Å². The normalized spacial score (nSPS) is 18.4. The van der Waals surface area contributed by atoms with Crippen LogP contribution in [-0.2, 0) is 7.05 Å². The number of anilines is 2. The van der Waals surface area contributed by atoms with Crippen molar-refractivity contribution in [2.24, 2.45) is 7.05 Å². The minimum atomic E-state index is 0.519. The van der Waals surface area contributed by atoms with Crippen molar-refractivity contribution in [1.82, 2.24) is 30.0 Å². The highest BCUT2D eigenvalue weighted by Gasteiger charge is 2.25. The summed E-state index contributed by atoms with van der Waals surface area (Å²) in [5, 5.41) is 8.94. The van der Waals surface area contributed by atoms with Crippen molar-refractivity contribution in [2.45, 2.75) is 32.6 Å². The van der Waals surface area contributed by atoms with Gasteiger partial charge in [0.05, 0.1) is 17.3 Å². The van der Waals surface area contributed by atoms with Gasteiger partial charge in [0, 0.05) is 63.9 Å². The predicted octanol–water partition coefficient (Wildman–Crippen LogP) is 2.17. The number of nitrogens with one attached hydrogen (secondary N) is 1. The molecule has 0 unspecified atom stereocenters. The Bertz CT molecular complexity index is 1040. The molecular weight excluding hydrogens is 376 g/mol. The molecule has 2 fully saturated rings. The number of aryl methyl sites for hydroxylation is 3. The van der Waals surface area contributed by atoms with E-state index in [0.717, 1.165) is 80.5 Å². The molecule has 2 saturated heterocycles. The Labute approximate surface area is 177 Å². The van der Waals surface area contributed by atoms with E-state index in [1.54, 1.807) is 0 Å². The molecular formula is C22H30N8. The molecule has 0 amide bonds. The molecule has 30 heavy (non-hydrogen) atoms. The molecule has 0 bridgehead atoms. The molecule has 3 aromatic heterocycles. The molecule has 158 valence electrons. The van der Waals surface area contributed by atoms with Crippen molar-refractivity contribution in [1.29, 1.82) is 0 Å². The quantitative estimate of drug-likeness (QED) is 0.714. The third-order valence-electron chi connectivity index (χ3n) is 6.49. The van der Waals surface area contributed by atoms with Crippen LogP contribution in [0.15, 0.2) is 18.5 Å². The summed E-state index contributed by atoms with van der Waals surface area (Å²) < 4.78 is 1.86. The van der Waals surface area contributed by atoms with Gasteiger partial charge in [-0.25, -0.2) is 15.0 Å². The van der Waals surface area contributed by atoms with Crippen LogP contribution < -0.4 is 15.1 Å². The van der Waals surface area contributed by atoms with Crippen LogP contribution in [0.4, 0.5) is 11.6 Å². The number of nitrogens with zero attached hydrogens (tertiary/aromatic N) is 7.